The van der Waals surface area contributed by atoms with Crippen molar-refractivity contribution in [3.63, 3.8) is 0 Å². The van der Waals surface area contributed by atoms with Gasteiger partial charge in [0.25, 0.3) is 11.5 Å². The Bertz CT molecular complexity index is 1250. The summed E-state index contributed by atoms with van der Waals surface area (Å²) in [5.41, 5.74) is 16.0. The fourth-order valence-electron chi connectivity index (χ4n) is 3.82. The van der Waals surface area contributed by atoms with Crippen LogP contribution in [0.4, 0.5) is 22.9 Å². The van der Waals surface area contributed by atoms with Crippen LogP contribution in [0.3, 0.4) is 0 Å². The lowest BCUT2D eigenvalue weighted by Gasteiger charge is -2.17. The Morgan fingerprint density at radius 2 is 2.00 bits per heavy atom. The first-order valence-electron chi connectivity index (χ1n) is 10.3. The molecule has 32 heavy (non-hydrogen) atoms. The van der Waals surface area contributed by atoms with E-state index in [1.54, 1.807) is 36.3 Å². The van der Waals surface area contributed by atoms with E-state index in [0.717, 1.165) is 11.1 Å². The first-order valence-corrected chi connectivity index (χ1v) is 10.3. The Labute approximate surface area is 185 Å². The number of β-amino-alcohol motifs (C(OH)–C–C–N with tert-alkyl or cyclic N) is 1. The van der Waals surface area contributed by atoms with Gasteiger partial charge in [-0.1, -0.05) is 12.1 Å². The molecule has 0 aliphatic carbocycles. The number of nitrogens with two attached hydrogens (primary N) is 2. The topological polar surface area (TPSA) is 140 Å². The van der Waals surface area contributed by atoms with Crippen LogP contribution in [0, 0.1) is 6.92 Å². The molecule has 1 aromatic heterocycles. The van der Waals surface area contributed by atoms with Crippen LogP contribution in [0.15, 0.2) is 47.4 Å². The third kappa shape index (κ3) is 4.02. The smallest absolute Gasteiger partial charge is 0.293 e. The number of nitrogens with one attached hydrogen (secondary N) is 1. The minimum absolute atomic E-state index is 0.132. The minimum Gasteiger partial charge on any atom is -0.398 e. The number of amides is 1. The van der Waals surface area contributed by atoms with Gasteiger partial charge in [0.05, 0.1) is 17.4 Å². The normalized spacial score (nSPS) is 15.7. The van der Waals surface area contributed by atoms with Crippen LogP contribution in [0.5, 0.6) is 0 Å². The monoisotopic (exact) mass is 434 g/mol. The summed E-state index contributed by atoms with van der Waals surface area (Å²) in [4.78, 5) is 31.4. The Morgan fingerprint density at radius 1 is 1.22 bits per heavy atom. The van der Waals surface area contributed by atoms with E-state index >= 15 is 0 Å². The molecule has 0 bridgehead atoms. The molecule has 3 aromatic rings. The number of likely N-dealkylation sites (tertiary alicyclic amines) is 1. The molecule has 2 aromatic carbocycles. The number of hydrogen-bond donors (Lipinski definition) is 4. The van der Waals surface area contributed by atoms with Crippen molar-refractivity contribution in [1.82, 2.24) is 14.5 Å². The van der Waals surface area contributed by atoms with E-state index in [9.17, 15) is 14.7 Å². The summed E-state index contributed by atoms with van der Waals surface area (Å²) >= 11 is 0. The number of benzene rings is 2. The standard InChI is InChI=1S/C23H26N6O3/c1-13-16(4-3-5-18(13)24)20-12-28(2)23(32)21(27-20)26-14-6-7-17(19(25)10-14)22(31)29-9-8-15(30)11-29/h3-7,10,12,15,30H,8-9,11,24-25H2,1-2H3,(H,26,27). The number of carbonyl (C=O) groups is 1. The van der Waals surface area contributed by atoms with Gasteiger partial charge in [-0.05, 0) is 43.2 Å². The zero-order chi connectivity index (χ0) is 23.0. The van der Waals surface area contributed by atoms with Gasteiger partial charge < -0.3 is 31.4 Å². The number of aliphatic hydroxyl groups is 1. The van der Waals surface area contributed by atoms with Crippen LogP contribution < -0.4 is 22.3 Å². The molecule has 0 spiro atoms. The number of nitrogen functional groups attached to an aromatic ring is 2. The zero-order valence-corrected chi connectivity index (χ0v) is 18.0. The molecule has 1 amide bonds. The SMILES string of the molecule is Cc1c(N)cccc1-c1cn(C)c(=O)c(Nc2ccc(C(=O)N3CCC(O)C3)c(N)c2)n1. The molecule has 1 fully saturated rings. The summed E-state index contributed by atoms with van der Waals surface area (Å²) in [6.07, 6.45) is 1.72. The van der Waals surface area contributed by atoms with E-state index in [-0.39, 0.29) is 23.0 Å². The highest BCUT2D eigenvalue weighted by Crippen LogP contribution is 2.27. The molecule has 166 valence electrons. The van der Waals surface area contributed by atoms with Crippen LogP contribution >= 0.6 is 0 Å². The van der Waals surface area contributed by atoms with Gasteiger partial charge in [0.1, 0.15) is 0 Å². The van der Waals surface area contributed by atoms with Gasteiger partial charge >= 0.3 is 0 Å². The predicted octanol–water partition coefficient (Wildman–Crippen LogP) is 1.87. The summed E-state index contributed by atoms with van der Waals surface area (Å²) in [6.45, 7) is 2.70. The summed E-state index contributed by atoms with van der Waals surface area (Å²) in [5.74, 6) is -0.0910. The molecule has 1 aliphatic rings. The van der Waals surface area contributed by atoms with Crippen molar-refractivity contribution in [2.45, 2.75) is 19.4 Å². The van der Waals surface area contributed by atoms with Crippen molar-refractivity contribution in [3.8, 4) is 11.3 Å². The Morgan fingerprint density at radius 3 is 2.69 bits per heavy atom. The fraction of sp³-hybridized carbons (Fsp3) is 0.261. The highest BCUT2D eigenvalue weighted by atomic mass is 16.3. The van der Waals surface area contributed by atoms with E-state index in [4.69, 9.17) is 11.5 Å². The average molecular weight is 435 g/mol. The van der Waals surface area contributed by atoms with Crippen molar-refractivity contribution in [1.29, 1.82) is 0 Å². The molecular formula is C23H26N6O3. The number of nitrogens with zero attached hydrogens (tertiary/aromatic N) is 3. The van der Waals surface area contributed by atoms with Crippen LogP contribution in [0.25, 0.3) is 11.3 Å². The summed E-state index contributed by atoms with van der Waals surface area (Å²) < 4.78 is 1.45. The molecule has 2 heterocycles. The molecule has 6 N–H and O–H groups in total. The second-order valence-corrected chi connectivity index (χ2v) is 8.03. The number of rotatable bonds is 4. The quantitative estimate of drug-likeness (QED) is 0.460. The van der Waals surface area contributed by atoms with Crippen molar-refractivity contribution < 1.29 is 9.90 Å². The zero-order valence-electron chi connectivity index (χ0n) is 18.0. The highest BCUT2D eigenvalue weighted by molar-refractivity contribution is 6.00. The van der Waals surface area contributed by atoms with Crippen molar-refractivity contribution in [2.75, 3.05) is 29.9 Å². The Balaban J connectivity index is 1.64. The van der Waals surface area contributed by atoms with Crippen LogP contribution in [-0.4, -0.2) is 44.7 Å². The number of hydrogen-bond acceptors (Lipinski definition) is 7. The Hall–Kier alpha value is -3.85. The van der Waals surface area contributed by atoms with Crippen molar-refractivity contribution >= 4 is 28.8 Å². The maximum absolute atomic E-state index is 12.7. The second-order valence-electron chi connectivity index (χ2n) is 8.03. The lowest BCUT2D eigenvalue weighted by molar-refractivity contribution is 0.0766. The number of aryl methyl sites for hydroxylation is 1. The molecule has 4 rings (SSSR count). The first kappa shape index (κ1) is 21.4. The first-order chi connectivity index (χ1) is 15.2. The van der Waals surface area contributed by atoms with Gasteiger partial charge in [0.2, 0.25) is 0 Å². The van der Waals surface area contributed by atoms with E-state index < -0.39 is 6.10 Å². The average Bonchev–Trinajstić information content (AvgIpc) is 3.19. The predicted molar refractivity (Wildman–Crippen MR) is 125 cm³/mol. The van der Waals surface area contributed by atoms with Crippen LogP contribution in [0.1, 0.15) is 22.3 Å². The largest absolute Gasteiger partial charge is 0.398 e. The molecule has 0 saturated carbocycles. The highest BCUT2D eigenvalue weighted by Gasteiger charge is 2.26. The summed E-state index contributed by atoms with van der Waals surface area (Å²) in [7, 11) is 1.65. The maximum atomic E-state index is 12.7. The molecule has 1 unspecified atom stereocenters. The number of aliphatic hydroxyl groups excluding tert-OH is 1. The van der Waals surface area contributed by atoms with E-state index in [1.807, 2.05) is 25.1 Å². The molecule has 9 nitrogen and oxygen atoms in total. The van der Waals surface area contributed by atoms with Gasteiger partial charge in [-0.15, -0.1) is 0 Å². The third-order valence-corrected chi connectivity index (χ3v) is 5.72. The third-order valence-electron chi connectivity index (χ3n) is 5.72. The maximum Gasteiger partial charge on any atom is 0.293 e. The van der Waals surface area contributed by atoms with Crippen LogP contribution in [-0.2, 0) is 7.05 Å². The lowest BCUT2D eigenvalue weighted by atomic mass is 10.0. The van der Waals surface area contributed by atoms with Crippen molar-refractivity contribution in [2.24, 2.45) is 7.05 Å². The van der Waals surface area contributed by atoms with E-state index in [1.165, 1.54) is 4.57 Å². The molecule has 0 radical (unpaired) electrons. The molecular weight excluding hydrogens is 408 g/mol. The number of anilines is 4. The van der Waals surface area contributed by atoms with Gasteiger partial charge in [0.15, 0.2) is 5.82 Å². The summed E-state index contributed by atoms with van der Waals surface area (Å²) in [6, 6.07) is 10.4. The van der Waals surface area contributed by atoms with Gasteiger partial charge in [-0.3, -0.25) is 9.59 Å². The molecule has 9 heteroatoms. The second kappa shape index (κ2) is 8.35. The van der Waals surface area contributed by atoms with Crippen LogP contribution in [0.2, 0.25) is 0 Å². The molecule has 1 saturated heterocycles. The fourth-order valence-corrected chi connectivity index (χ4v) is 3.82. The molecule has 1 aliphatic heterocycles. The van der Waals surface area contributed by atoms with Gasteiger partial charge in [-0.2, -0.15) is 0 Å². The number of carbonyl (C=O) groups excluding carboxylic acids is 1. The van der Waals surface area contributed by atoms with E-state index in [2.05, 4.69) is 10.3 Å². The van der Waals surface area contributed by atoms with Gasteiger partial charge in [-0.25, -0.2) is 4.98 Å². The Kier molecular flexibility index (Phi) is 5.58. The van der Waals surface area contributed by atoms with E-state index in [0.29, 0.717) is 42.1 Å². The molecule has 1 atom stereocenters. The number of aromatic nitrogens is 2. The summed E-state index contributed by atoms with van der Waals surface area (Å²) in [5, 5.41) is 12.7. The lowest BCUT2D eigenvalue weighted by Crippen LogP contribution is -2.30. The van der Waals surface area contributed by atoms with Gasteiger partial charge in [0, 0.05) is 49.0 Å². The van der Waals surface area contributed by atoms with Crippen molar-refractivity contribution in [3.05, 3.63) is 64.1 Å². The minimum atomic E-state index is -0.501.